The zero-order valence-electron chi connectivity index (χ0n) is 19.6. The van der Waals surface area contributed by atoms with Crippen LogP contribution in [0.15, 0.2) is 58.6 Å². The van der Waals surface area contributed by atoms with E-state index in [1.54, 1.807) is 11.8 Å². The monoisotopic (exact) mass is 505 g/mol. The Kier molecular flexibility index (Phi) is 7.62. The average molecular weight is 506 g/mol. The van der Waals surface area contributed by atoms with Crippen molar-refractivity contribution in [3.05, 3.63) is 54.1 Å². The first-order valence-electron chi connectivity index (χ1n) is 11.7. The SMILES string of the molecule is CSc1nc(-c2ccccc2)nc(SCCN2CCN(c3cccc4c3OCCO4)CC2)c1C#N. The lowest BCUT2D eigenvalue weighted by molar-refractivity contribution is 0.171. The van der Waals surface area contributed by atoms with Crippen molar-refractivity contribution in [3.63, 3.8) is 0 Å². The van der Waals surface area contributed by atoms with Crippen molar-refractivity contribution in [1.82, 2.24) is 14.9 Å². The molecule has 2 aliphatic rings. The second-order valence-corrected chi connectivity index (χ2v) is 10.1. The fourth-order valence-corrected chi connectivity index (χ4v) is 5.85. The largest absolute Gasteiger partial charge is 0.486 e. The molecule has 7 nitrogen and oxygen atoms in total. The lowest BCUT2D eigenvalue weighted by atomic mass is 10.2. The molecule has 9 heteroatoms. The predicted molar refractivity (Wildman–Crippen MR) is 141 cm³/mol. The van der Waals surface area contributed by atoms with Crippen LogP contribution in [0.3, 0.4) is 0 Å². The number of aromatic nitrogens is 2. The van der Waals surface area contributed by atoms with Crippen molar-refractivity contribution in [3.8, 4) is 29.0 Å². The number of piperazine rings is 1. The first-order valence-corrected chi connectivity index (χ1v) is 13.9. The minimum Gasteiger partial charge on any atom is -0.486 e. The first-order chi connectivity index (χ1) is 17.3. The van der Waals surface area contributed by atoms with E-state index in [0.29, 0.717) is 24.6 Å². The van der Waals surface area contributed by atoms with Crippen LogP contribution in [-0.4, -0.2) is 72.8 Å². The van der Waals surface area contributed by atoms with E-state index in [4.69, 9.17) is 14.5 Å². The standard InChI is InChI=1S/C26H27N5O2S2/c1-34-25-20(18-27)26(29-24(28-25)19-6-3-2-4-7-19)35-17-14-30-10-12-31(13-11-30)21-8-5-9-22-23(21)33-16-15-32-22/h2-9H,10-17H2,1H3. The molecular formula is C26H27N5O2S2. The molecule has 2 aromatic carbocycles. The quantitative estimate of drug-likeness (QED) is 0.343. The molecule has 1 fully saturated rings. The Morgan fingerprint density at radius 2 is 1.71 bits per heavy atom. The van der Waals surface area contributed by atoms with Crippen LogP contribution >= 0.6 is 23.5 Å². The van der Waals surface area contributed by atoms with Crippen LogP contribution in [0.25, 0.3) is 11.4 Å². The summed E-state index contributed by atoms with van der Waals surface area (Å²) in [5, 5.41) is 11.3. The van der Waals surface area contributed by atoms with Crippen LogP contribution in [-0.2, 0) is 0 Å². The molecule has 0 bridgehead atoms. The number of rotatable bonds is 7. The van der Waals surface area contributed by atoms with Gasteiger partial charge in [-0.05, 0) is 18.4 Å². The Morgan fingerprint density at radius 3 is 2.49 bits per heavy atom. The van der Waals surface area contributed by atoms with E-state index in [1.807, 2.05) is 48.7 Å². The third kappa shape index (κ3) is 5.35. The van der Waals surface area contributed by atoms with E-state index in [9.17, 15) is 5.26 Å². The molecule has 0 radical (unpaired) electrons. The molecule has 1 aromatic heterocycles. The van der Waals surface area contributed by atoms with Crippen LogP contribution in [0.5, 0.6) is 11.5 Å². The van der Waals surface area contributed by atoms with Crippen LogP contribution in [0, 0.1) is 11.3 Å². The van der Waals surface area contributed by atoms with Crippen LogP contribution in [0.1, 0.15) is 5.56 Å². The zero-order valence-corrected chi connectivity index (χ0v) is 21.3. The van der Waals surface area contributed by atoms with Gasteiger partial charge in [0.15, 0.2) is 17.3 Å². The van der Waals surface area contributed by atoms with Crippen molar-refractivity contribution in [2.24, 2.45) is 0 Å². The number of thioether (sulfide) groups is 2. The van der Waals surface area contributed by atoms with Gasteiger partial charge in [0.25, 0.3) is 0 Å². The average Bonchev–Trinajstić information content (AvgIpc) is 2.93. The summed E-state index contributed by atoms with van der Waals surface area (Å²) >= 11 is 3.13. The number of nitriles is 1. The molecule has 35 heavy (non-hydrogen) atoms. The Balaban J connectivity index is 1.21. The number of hydrogen-bond donors (Lipinski definition) is 0. The molecule has 1 saturated heterocycles. The number of benzene rings is 2. The second kappa shape index (κ2) is 11.2. The van der Waals surface area contributed by atoms with Gasteiger partial charge in [-0.25, -0.2) is 9.97 Å². The van der Waals surface area contributed by atoms with Gasteiger partial charge in [-0.3, -0.25) is 4.90 Å². The lowest BCUT2D eigenvalue weighted by Gasteiger charge is -2.37. The second-order valence-electron chi connectivity index (χ2n) is 8.19. The van der Waals surface area contributed by atoms with Crippen LogP contribution < -0.4 is 14.4 Å². The summed E-state index contributed by atoms with van der Waals surface area (Å²) in [4.78, 5) is 14.3. The van der Waals surface area contributed by atoms with E-state index in [1.165, 1.54) is 11.8 Å². The van der Waals surface area contributed by atoms with Gasteiger partial charge in [-0.15, -0.1) is 23.5 Å². The summed E-state index contributed by atoms with van der Waals surface area (Å²) in [5.41, 5.74) is 2.65. The molecule has 0 N–H and O–H groups in total. The van der Waals surface area contributed by atoms with Gasteiger partial charge in [-0.1, -0.05) is 36.4 Å². The van der Waals surface area contributed by atoms with Crippen molar-refractivity contribution >= 4 is 29.2 Å². The molecular weight excluding hydrogens is 478 g/mol. The lowest BCUT2D eigenvalue weighted by Crippen LogP contribution is -2.47. The van der Waals surface area contributed by atoms with Crippen molar-refractivity contribution < 1.29 is 9.47 Å². The maximum atomic E-state index is 9.77. The smallest absolute Gasteiger partial charge is 0.184 e. The Hall–Kier alpha value is -2.93. The highest BCUT2D eigenvalue weighted by Crippen LogP contribution is 2.39. The highest BCUT2D eigenvalue weighted by Gasteiger charge is 2.24. The van der Waals surface area contributed by atoms with E-state index < -0.39 is 0 Å². The fourth-order valence-electron chi connectivity index (χ4n) is 4.28. The Labute approximate surface area is 214 Å². The van der Waals surface area contributed by atoms with Gasteiger partial charge < -0.3 is 14.4 Å². The minimum atomic E-state index is 0.572. The Morgan fingerprint density at radius 1 is 0.943 bits per heavy atom. The Bertz CT molecular complexity index is 1210. The normalized spacial score (nSPS) is 15.6. The number of hydrogen-bond acceptors (Lipinski definition) is 9. The fraction of sp³-hybridized carbons (Fsp3) is 0.346. The molecule has 0 spiro atoms. The van der Waals surface area contributed by atoms with Gasteiger partial charge in [0.2, 0.25) is 0 Å². The van der Waals surface area contributed by atoms with Gasteiger partial charge >= 0.3 is 0 Å². The van der Waals surface area contributed by atoms with Crippen LogP contribution in [0.2, 0.25) is 0 Å². The molecule has 0 amide bonds. The molecule has 0 atom stereocenters. The molecule has 180 valence electrons. The maximum Gasteiger partial charge on any atom is 0.184 e. The first kappa shape index (κ1) is 23.8. The molecule has 3 aromatic rings. The third-order valence-corrected chi connectivity index (χ3v) is 7.72. The third-order valence-electron chi connectivity index (χ3n) is 6.08. The number of fused-ring (bicyclic) bond motifs is 1. The molecule has 0 aliphatic carbocycles. The van der Waals surface area contributed by atoms with E-state index in [0.717, 1.165) is 71.3 Å². The molecule has 5 rings (SSSR count). The molecule has 0 unspecified atom stereocenters. The van der Waals surface area contributed by atoms with E-state index >= 15 is 0 Å². The summed E-state index contributed by atoms with van der Waals surface area (Å²) in [6, 6.07) is 18.4. The van der Waals surface area contributed by atoms with Gasteiger partial charge in [0, 0.05) is 44.0 Å². The maximum absolute atomic E-state index is 9.77. The van der Waals surface area contributed by atoms with E-state index in [-0.39, 0.29) is 0 Å². The number of nitrogens with zero attached hydrogens (tertiary/aromatic N) is 5. The number of anilines is 1. The number of para-hydroxylation sites is 1. The zero-order chi connectivity index (χ0) is 24.0. The van der Waals surface area contributed by atoms with Crippen molar-refractivity contribution in [2.75, 3.05) is 62.8 Å². The molecule has 0 saturated carbocycles. The highest BCUT2D eigenvalue weighted by atomic mass is 32.2. The summed E-state index contributed by atoms with van der Waals surface area (Å²) in [7, 11) is 0. The van der Waals surface area contributed by atoms with E-state index in [2.05, 4.69) is 26.9 Å². The topological polar surface area (TPSA) is 74.5 Å². The predicted octanol–water partition coefficient (Wildman–Crippen LogP) is 4.42. The van der Waals surface area contributed by atoms with Crippen molar-refractivity contribution in [1.29, 1.82) is 5.26 Å². The molecule has 3 heterocycles. The van der Waals surface area contributed by atoms with Gasteiger partial charge in [0.1, 0.15) is 34.9 Å². The minimum absolute atomic E-state index is 0.572. The summed E-state index contributed by atoms with van der Waals surface area (Å²) in [6.45, 7) is 5.98. The summed E-state index contributed by atoms with van der Waals surface area (Å²) in [5.74, 6) is 3.24. The van der Waals surface area contributed by atoms with Crippen LogP contribution in [0.4, 0.5) is 5.69 Å². The summed E-state index contributed by atoms with van der Waals surface area (Å²) in [6.07, 6.45) is 1.95. The molecule has 2 aliphatic heterocycles. The summed E-state index contributed by atoms with van der Waals surface area (Å²) < 4.78 is 11.7. The highest BCUT2D eigenvalue weighted by molar-refractivity contribution is 7.99. The number of ether oxygens (including phenoxy) is 2. The van der Waals surface area contributed by atoms with Gasteiger partial charge in [-0.2, -0.15) is 5.26 Å². The van der Waals surface area contributed by atoms with Gasteiger partial charge in [0.05, 0.1) is 5.69 Å². The van der Waals surface area contributed by atoms with Crippen molar-refractivity contribution in [2.45, 2.75) is 10.1 Å².